The SMILES string of the molecule is CCCOc1ccc2oc(CNCC)c(CCC)c2c1. The van der Waals surface area contributed by atoms with Crippen LogP contribution in [0.25, 0.3) is 11.0 Å². The maximum absolute atomic E-state index is 6.00. The lowest BCUT2D eigenvalue weighted by molar-refractivity contribution is 0.318. The van der Waals surface area contributed by atoms with Gasteiger partial charge in [0, 0.05) is 10.9 Å². The van der Waals surface area contributed by atoms with Crippen molar-refractivity contribution >= 4 is 11.0 Å². The molecule has 0 fully saturated rings. The Balaban J connectivity index is 2.35. The fourth-order valence-corrected chi connectivity index (χ4v) is 2.39. The van der Waals surface area contributed by atoms with E-state index in [2.05, 4.69) is 32.2 Å². The third-order valence-corrected chi connectivity index (χ3v) is 3.35. The second-order valence-corrected chi connectivity index (χ2v) is 5.04. The van der Waals surface area contributed by atoms with Crippen LogP contribution in [-0.2, 0) is 13.0 Å². The van der Waals surface area contributed by atoms with Crippen molar-refractivity contribution in [3.8, 4) is 5.75 Å². The second-order valence-electron chi connectivity index (χ2n) is 5.04. The van der Waals surface area contributed by atoms with Crippen molar-refractivity contribution in [3.63, 3.8) is 0 Å². The fraction of sp³-hybridized carbons (Fsp3) is 0.529. The van der Waals surface area contributed by atoms with Gasteiger partial charge in [-0.05, 0) is 37.6 Å². The number of aryl methyl sites for hydroxylation is 1. The van der Waals surface area contributed by atoms with E-state index in [1.165, 1.54) is 10.9 Å². The molecule has 1 heterocycles. The molecule has 2 aromatic rings. The van der Waals surface area contributed by atoms with E-state index in [1.807, 2.05) is 12.1 Å². The summed E-state index contributed by atoms with van der Waals surface area (Å²) in [5.41, 5.74) is 2.29. The minimum Gasteiger partial charge on any atom is -0.494 e. The third kappa shape index (κ3) is 3.34. The number of benzene rings is 1. The van der Waals surface area contributed by atoms with Crippen molar-refractivity contribution < 1.29 is 9.15 Å². The lowest BCUT2D eigenvalue weighted by Crippen LogP contribution is -2.12. The molecule has 1 aromatic heterocycles. The zero-order valence-electron chi connectivity index (χ0n) is 12.8. The Morgan fingerprint density at radius 1 is 1.15 bits per heavy atom. The van der Waals surface area contributed by atoms with Crippen LogP contribution in [0.15, 0.2) is 22.6 Å². The molecular weight excluding hydrogens is 250 g/mol. The topological polar surface area (TPSA) is 34.4 Å². The molecule has 1 N–H and O–H groups in total. The predicted molar refractivity (Wildman–Crippen MR) is 83.4 cm³/mol. The summed E-state index contributed by atoms with van der Waals surface area (Å²) in [6.07, 6.45) is 3.19. The normalized spacial score (nSPS) is 11.2. The Morgan fingerprint density at radius 2 is 2.00 bits per heavy atom. The second kappa shape index (κ2) is 7.34. The number of ether oxygens (including phenoxy) is 1. The summed E-state index contributed by atoms with van der Waals surface area (Å²) in [5.74, 6) is 2.00. The van der Waals surface area contributed by atoms with Gasteiger partial charge in [0.1, 0.15) is 17.1 Å². The smallest absolute Gasteiger partial charge is 0.134 e. The van der Waals surface area contributed by atoms with Crippen molar-refractivity contribution in [2.45, 2.75) is 46.6 Å². The molecule has 3 nitrogen and oxygen atoms in total. The quantitative estimate of drug-likeness (QED) is 0.780. The largest absolute Gasteiger partial charge is 0.494 e. The highest BCUT2D eigenvalue weighted by Gasteiger charge is 2.13. The molecule has 1 aromatic carbocycles. The van der Waals surface area contributed by atoms with Crippen LogP contribution < -0.4 is 10.1 Å². The van der Waals surface area contributed by atoms with Crippen molar-refractivity contribution in [2.24, 2.45) is 0 Å². The van der Waals surface area contributed by atoms with Crippen LogP contribution in [0, 0.1) is 0 Å². The van der Waals surface area contributed by atoms with Crippen LogP contribution in [-0.4, -0.2) is 13.2 Å². The molecule has 0 aliphatic rings. The molecule has 0 saturated carbocycles. The van der Waals surface area contributed by atoms with Crippen molar-refractivity contribution in [2.75, 3.05) is 13.2 Å². The van der Waals surface area contributed by atoms with Crippen LogP contribution in [0.4, 0.5) is 0 Å². The standard InChI is InChI=1S/C17H25NO2/c1-4-7-14-15-11-13(19-10-5-2)8-9-16(15)20-17(14)12-18-6-3/h8-9,11,18H,4-7,10,12H2,1-3H3. The van der Waals surface area contributed by atoms with Gasteiger partial charge in [-0.15, -0.1) is 0 Å². The third-order valence-electron chi connectivity index (χ3n) is 3.35. The summed E-state index contributed by atoms with van der Waals surface area (Å²) in [4.78, 5) is 0. The summed E-state index contributed by atoms with van der Waals surface area (Å²) in [7, 11) is 0. The van der Waals surface area contributed by atoms with Gasteiger partial charge < -0.3 is 14.5 Å². The van der Waals surface area contributed by atoms with Gasteiger partial charge in [-0.25, -0.2) is 0 Å². The molecule has 0 bridgehead atoms. The molecule has 0 unspecified atom stereocenters. The lowest BCUT2D eigenvalue weighted by atomic mass is 10.1. The average Bonchev–Trinajstić information content (AvgIpc) is 2.81. The van der Waals surface area contributed by atoms with Gasteiger partial charge in [0.05, 0.1) is 13.2 Å². The first-order chi connectivity index (χ1) is 9.80. The summed E-state index contributed by atoms with van der Waals surface area (Å²) in [6, 6.07) is 6.14. The van der Waals surface area contributed by atoms with Gasteiger partial charge in [0.25, 0.3) is 0 Å². The Morgan fingerprint density at radius 3 is 2.70 bits per heavy atom. The molecule has 0 saturated heterocycles. The van der Waals surface area contributed by atoms with Crippen molar-refractivity contribution in [1.29, 1.82) is 0 Å². The van der Waals surface area contributed by atoms with Gasteiger partial charge in [0.2, 0.25) is 0 Å². The first-order valence-electron chi connectivity index (χ1n) is 7.67. The van der Waals surface area contributed by atoms with Crippen LogP contribution in [0.5, 0.6) is 5.75 Å². The van der Waals surface area contributed by atoms with E-state index >= 15 is 0 Å². The molecule has 0 aliphatic heterocycles. The van der Waals surface area contributed by atoms with E-state index in [0.717, 1.165) is 56.1 Å². The number of furan rings is 1. The summed E-state index contributed by atoms with van der Waals surface area (Å²) >= 11 is 0. The molecular formula is C17H25NO2. The van der Waals surface area contributed by atoms with Crippen LogP contribution in [0.1, 0.15) is 44.9 Å². The summed E-state index contributed by atoms with van der Waals surface area (Å²) in [6.45, 7) is 8.94. The van der Waals surface area contributed by atoms with E-state index in [0.29, 0.717) is 0 Å². The minimum absolute atomic E-state index is 0.761. The molecule has 0 amide bonds. The van der Waals surface area contributed by atoms with Crippen LogP contribution in [0.2, 0.25) is 0 Å². The highest BCUT2D eigenvalue weighted by atomic mass is 16.5. The maximum atomic E-state index is 6.00. The van der Waals surface area contributed by atoms with Crippen LogP contribution >= 0.6 is 0 Å². The maximum Gasteiger partial charge on any atom is 0.134 e. The molecule has 20 heavy (non-hydrogen) atoms. The van der Waals surface area contributed by atoms with Gasteiger partial charge >= 0.3 is 0 Å². The number of rotatable bonds is 8. The molecule has 0 spiro atoms. The fourth-order valence-electron chi connectivity index (χ4n) is 2.39. The average molecular weight is 275 g/mol. The highest BCUT2D eigenvalue weighted by molar-refractivity contribution is 5.83. The van der Waals surface area contributed by atoms with Gasteiger partial charge in [-0.1, -0.05) is 27.2 Å². The summed E-state index contributed by atoms with van der Waals surface area (Å²) in [5, 5.41) is 4.55. The molecule has 0 atom stereocenters. The number of hydrogen-bond donors (Lipinski definition) is 1. The van der Waals surface area contributed by atoms with Gasteiger partial charge in [-0.3, -0.25) is 0 Å². The zero-order valence-corrected chi connectivity index (χ0v) is 12.8. The Hall–Kier alpha value is -1.48. The van der Waals surface area contributed by atoms with Gasteiger partial charge in [-0.2, -0.15) is 0 Å². The molecule has 2 rings (SSSR count). The monoisotopic (exact) mass is 275 g/mol. The van der Waals surface area contributed by atoms with E-state index in [-0.39, 0.29) is 0 Å². The number of nitrogens with one attached hydrogen (secondary N) is 1. The Kier molecular flexibility index (Phi) is 5.48. The van der Waals surface area contributed by atoms with E-state index in [1.54, 1.807) is 0 Å². The first kappa shape index (κ1) is 14.9. The van der Waals surface area contributed by atoms with Crippen molar-refractivity contribution in [3.05, 3.63) is 29.5 Å². The van der Waals surface area contributed by atoms with Crippen molar-refractivity contribution in [1.82, 2.24) is 5.32 Å². The zero-order chi connectivity index (χ0) is 14.4. The molecule has 0 radical (unpaired) electrons. The number of hydrogen-bond acceptors (Lipinski definition) is 3. The van der Waals surface area contributed by atoms with E-state index < -0.39 is 0 Å². The lowest BCUT2D eigenvalue weighted by Gasteiger charge is -2.05. The molecule has 3 heteroatoms. The van der Waals surface area contributed by atoms with Gasteiger partial charge in [0.15, 0.2) is 0 Å². The molecule has 0 aliphatic carbocycles. The first-order valence-corrected chi connectivity index (χ1v) is 7.67. The minimum atomic E-state index is 0.761. The number of fused-ring (bicyclic) bond motifs is 1. The molecule has 110 valence electrons. The summed E-state index contributed by atoms with van der Waals surface area (Å²) < 4.78 is 11.7. The Bertz CT molecular complexity index is 545. The predicted octanol–water partition coefficient (Wildman–Crippen LogP) is 4.28. The van der Waals surface area contributed by atoms with Crippen LogP contribution in [0.3, 0.4) is 0 Å². The Labute approximate surface area is 121 Å². The van der Waals surface area contributed by atoms with E-state index in [4.69, 9.17) is 9.15 Å². The highest BCUT2D eigenvalue weighted by Crippen LogP contribution is 2.30. The van der Waals surface area contributed by atoms with E-state index in [9.17, 15) is 0 Å².